The van der Waals surface area contributed by atoms with Gasteiger partial charge in [-0.05, 0) is 13.8 Å². The standard InChI is InChI=1S/C17H22N8O2S/c1-3-22-11-17(21-14(22)2)28(26,27)25-8-6-23(7-9-25)15-10-16(20-12-19-15)24-5-4-18-13-24/h4-5,10-13H,3,6-9H2,1-2H3. The zero-order valence-corrected chi connectivity index (χ0v) is 16.6. The molecule has 0 spiro atoms. The first-order valence-electron chi connectivity index (χ1n) is 9.08. The lowest BCUT2D eigenvalue weighted by Crippen LogP contribution is -2.49. The van der Waals surface area contributed by atoms with Gasteiger partial charge in [-0.25, -0.2) is 28.4 Å². The van der Waals surface area contributed by atoms with Gasteiger partial charge in [0.2, 0.25) is 0 Å². The normalized spacial score (nSPS) is 15.9. The third-order valence-electron chi connectivity index (χ3n) is 4.87. The van der Waals surface area contributed by atoms with E-state index in [1.165, 1.54) is 10.6 Å². The van der Waals surface area contributed by atoms with E-state index in [2.05, 4.69) is 24.8 Å². The highest BCUT2D eigenvalue weighted by Gasteiger charge is 2.31. The van der Waals surface area contributed by atoms with Gasteiger partial charge in [0.25, 0.3) is 10.0 Å². The second-order valence-electron chi connectivity index (χ2n) is 6.51. The molecule has 0 aromatic carbocycles. The number of rotatable bonds is 5. The van der Waals surface area contributed by atoms with E-state index in [1.54, 1.807) is 23.3 Å². The van der Waals surface area contributed by atoms with Crippen molar-refractivity contribution in [3.8, 4) is 5.82 Å². The quantitative estimate of drug-likeness (QED) is 0.619. The van der Waals surface area contributed by atoms with Crippen molar-refractivity contribution < 1.29 is 8.42 Å². The molecule has 4 rings (SSSR count). The van der Waals surface area contributed by atoms with E-state index < -0.39 is 10.0 Å². The molecule has 11 heteroatoms. The molecule has 4 heterocycles. The highest BCUT2D eigenvalue weighted by molar-refractivity contribution is 7.89. The molecular weight excluding hydrogens is 380 g/mol. The number of piperazine rings is 1. The van der Waals surface area contributed by atoms with Crippen molar-refractivity contribution in [1.29, 1.82) is 0 Å². The van der Waals surface area contributed by atoms with Crippen LogP contribution in [0.2, 0.25) is 0 Å². The van der Waals surface area contributed by atoms with Crippen LogP contribution in [-0.2, 0) is 16.6 Å². The number of hydrogen-bond donors (Lipinski definition) is 0. The van der Waals surface area contributed by atoms with Crippen molar-refractivity contribution in [3.63, 3.8) is 0 Å². The molecule has 148 valence electrons. The summed E-state index contributed by atoms with van der Waals surface area (Å²) in [5.74, 6) is 2.19. The lowest BCUT2D eigenvalue weighted by Gasteiger charge is -2.34. The maximum absolute atomic E-state index is 12.9. The van der Waals surface area contributed by atoms with Gasteiger partial charge in [-0.3, -0.25) is 4.57 Å². The van der Waals surface area contributed by atoms with Gasteiger partial charge in [-0.15, -0.1) is 0 Å². The summed E-state index contributed by atoms with van der Waals surface area (Å²) in [7, 11) is -3.59. The average molecular weight is 402 g/mol. The number of sulfonamides is 1. The van der Waals surface area contributed by atoms with E-state index in [9.17, 15) is 8.42 Å². The first-order valence-corrected chi connectivity index (χ1v) is 10.5. The van der Waals surface area contributed by atoms with Gasteiger partial charge in [-0.2, -0.15) is 4.31 Å². The molecule has 0 N–H and O–H groups in total. The summed E-state index contributed by atoms with van der Waals surface area (Å²) >= 11 is 0. The summed E-state index contributed by atoms with van der Waals surface area (Å²) in [6, 6.07) is 1.87. The lowest BCUT2D eigenvalue weighted by molar-refractivity contribution is 0.382. The van der Waals surface area contributed by atoms with Crippen molar-refractivity contribution in [3.05, 3.63) is 43.1 Å². The number of aryl methyl sites for hydroxylation is 2. The fourth-order valence-electron chi connectivity index (χ4n) is 3.26. The van der Waals surface area contributed by atoms with Crippen LogP contribution in [0.4, 0.5) is 5.82 Å². The predicted molar refractivity (Wildman–Crippen MR) is 103 cm³/mol. The Labute approximate surface area is 163 Å². The molecule has 1 aliphatic rings. The van der Waals surface area contributed by atoms with Gasteiger partial charge < -0.3 is 9.47 Å². The predicted octanol–water partition coefficient (Wildman–Crippen LogP) is 0.698. The lowest BCUT2D eigenvalue weighted by atomic mass is 10.3. The first kappa shape index (κ1) is 18.6. The van der Waals surface area contributed by atoms with Crippen molar-refractivity contribution >= 4 is 15.8 Å². The van der Waals surface area contributed by atoms with Gasteiger partial charge >= 0.3 is 0 Å². The average Bonchev–Trinajstić information content (AvgIpc) is 3.38. The molecule has 3 aromatic rings. The summed E-state index contributed by atoms with van der Waals surface area (Å²) < 4.78 is 31.0. The minimum absolute atomic E-state index is 0.115. The molecule has 10 nitrogen and oxygen atoms in total. The van der Waals surface area contributed by atoms with E-state index in [-0.39, 0.29) is 5.03 Å². The Kier molecular flexibility index (Phi) is 4.85. The topological polar surface area (TPSA) is 102 Å². The summed E-state index contributed by atoms with van der Waals surface area (Å²) in [6.45, 7) is 6.32. The molecule has 0 saturated carbocycles. The molecule has 28 heavy (non-hydrogen) atoms. The van der Waals surface area contributed by atoms with Gasteiger partial charge in [0.15, 0.2) is 5.03 Å². The number of anilines is 1. The molecular formula is C17H22N8O2S. The Bertz CT molecular complexity index is 1050. The fraction of sp³-hybridized carbons (Fsp3) is 0.412. The van der Waals surface area contributed by atoms with E-state index in [1.807, 2.05) is 30.7 Å². The van der Waals surface area contributed by atoms with Crippen LogP contribution in [0.5, 0.6) is 0 Å². The largest absolute Gasteiger partial charge is 0.354 e. The maximum atomic E-state index is 12.9. The Morgan fingerprint density at radius 3 is 2.50 bits per heavy atom. The third-order valence-corrected chi connectivity index (χ3v) is 6.64. The zero-order chi connectivity index (χ0) is 19.7. The molecule has 0 radical (unpaired) electrons. The Balaban J connectivity index is 1.48. The summed E-state index contributed by atoms with van der Waals surface area (Å²) in [5, 5.41) is 0.115. The van der Waals surface area contributed by atoms with Crippen LogP contribution in [0, 0.1) is 6.92 Å². The van der Waals surface area contributed by atoms with Gasteiger partial charge in [-0.1, -0.05) is 0 Å². The Hall–Kier alpha value is -2.79. The van der Waals surface area contributed by atoms with Crippen LogP contribution < -0.4 is 4.90 Å². The van der Waals surface area contributed by atoms with Crippen LogP contribution in [0.1, 0.15) is 12.7 Å². The van der Waals surface area contributed by atoms with Crippen LogP contribution in [-0.4, -0.2) is 68.0 Å². The number of nitrogens with zero attached hydrogens (tertiary/aromatic N) is 8. The first-order chi connectivity index (χ1) is 13.5. The van der Waals surface area contributed by atoms with Crippen LogP contribution in [0.3, 0.4) is 0 Å². The SMILES string of the molecule is CCn1cc(S(=O)(=O)N2CCN(c3cc(-n4ccnc4)ncn3)CC2)nc1C. The molecule has 0 aliphatic carbocycles. The smallest absolute Gasteiger partial charge is 0.262 e. The summed E-state index contributed by atoms with van der Waals surface area (Å²) in [4.78, 5) is 18.9. The molecule has 1 fully saturated rings. The second kappa shape index (κ2) is 7.32. The van der Waals surface area contributed by atoms with Gasteiger partial charge in [0, 0.05) is 57.4 Å². The minimum atomic E-state index is -3.59. The zero-order valence-electron chi connectivity index (χ0n) is 15.8. The third kappa shape index (κ3) is 3.38. The highest BCUT2D eigenvalue weighted by atomic mass is 32.2. The Morgan fingerprint density at radius 2 is 1.86 bits per heavy atom. The summed E-state index contributed by atoms with van der Waals surface area (Å²) in [5.41, 5.74) is 0. The van der Waals surface area contributed by atoms with Gasteiger partial charge in [0.1, 0.15) is 30.1 Å². The Morgan fingerprint density at radius 1 is 1.11 bits per heavy atom. The van der Waals surface area contributed by atoms with Crippen molar-refractivity contribution in [2.75, 3.05) is 31.1 Å². The van der Waals surface area contributed by atoms with E-state index in [4.69, 9.17) is 0 Å². The molecule has 0 unspecified atom stereocenters. The molecule has 0 atom stereocenters. The molecule has 1 saturated heterocycles. The monoisotopic (exact) mass is 402 g/mol. The van der Waals surface area contributed by atoms with Crippen molar-refractivity contribution in [2.45, 2.75) is 25.4 Å². The van der Waals surface area contributed by atoms with Crippen molar-refractivity contribution in [1.82, 2.24) is 33.4 Å². The van der Waals surface area contributed by atoms with E-state index >= 15 is 0 Å². The molecule has 3 aromatic heterocycles. The molecule has 0 bridgehead atoms. The molecule has 0 amide bonds. The maximum Gasteiger partial charge on any atom is 0.262 e. The van der Waals surface area contributed by atoms with Gasteiger partial charge in [0.05, 0.1) is 0 Å². The van der Waals surface area contributed by atoms with Crippen LogP contribution in [0.15, 0.2) is 42.3 Å². The van der Waals surface area contributed by atoms with Crippen LogP contribution in [0.25, 0.3) is 5.82 Å². The van der Waals surface area contributed by atoms with Crippen molar-refractivity contribution in [2.24, 2.45) is 0 Å². The van der Waals surface area contributed by atoms with Crippen LogP contribution >= 0.6 is 0 Å². The molecule has 1 aliphatic heterocycles. The number of imidazole rings is 2. The minimum Gasteiger partial charge on any atom is -0.354 e. The van der Waals surface area contributed by atoms with E-state index in [0.29, 0.717) is 38.5 Å². The highest BCUT2D eigenvalue weighted by Crippen LogP contribution is 2.20. The van der Waals surface area contributed by atoms with E-state index in [0.717, 1.165) is 11.6 Å². The summed E-state index contributed by atoms with van der Waals surface area (Å²) in [6.07, 6.45) is 8.29. The number of hydrogen-bond acceptors (Lipinski definition) is 7. The number of aromatic nitrogens is 6. The second-order valence-corrected chi connectivity index (χ2v) is 8.39. The fourth-order valence-corrected chi connectivity index (χ4v) is 4.68.